The molecular formula is C19H33IN4O2S. The third kappa shape index (κ3) is 6.05. The van der Waals surface area contributed by atoms with Gasteiger partial charge in [0, 0.05) is 26.7 Å². The van der Waals surface area contributed by atoms with E-state index in [2.05, 4.69) is 57.7 Å². The van der Waals surface area contributed by atoms with E-state index in [-0.39, 0.29) is 41.8 Å². The first-order valence-corrected chi connectivity index (χ1v) is 10.3. The number of likely N-dealkylation sites (tertiary alicyclic amines) is 1. The highest BCUT2D eigenvalue weighted by atomic mass is 127. The Labute approximate surface area is 184 Å². The number of nitrogens with one attached hydrogen (secondary N) is 1. The van der Waals surface area contributed by atoms with Crippen LogP contribution in [0.5, 0.6) is 0 Å². The number of nitrogens with zero attached hydrogens (tertiary/aromatic N) is 3. The first-order chi connectivity index (χ1) is 12.5. The number of likely N-dealkylation sites (N-methyl/N-ethyl adjacent to an activating group) is 1. The van der Waals surface area contributed by atoms with Gasteiger partial charge < -0.3 is 15.0 Å². The summed E-state index contributed by atoms with van der Waals surface area (Å²) in [6, 6.07) is 2.51. The molecule has 6 nitrogen and oxygen atoms in total. The van der Waals surface area contributed by atoms with Gasteiger partial charge in [-0.05, 0) is 41.4 Å². The van der Waals surface area contributed by atoms with Crippen molar-refractivity contribution in [2.75, 3.05) is 46.9 Å². The van der Waals surface area contributed by atoms with E-state index in [4.69, 9.17) is 4.74 Å². The third-order valence-corrected chi connectivity index (χ3v) is 5.96. The number of ether oxygens (including phenoxy) is 1. The number of hydrogen-bond donors (Lipinski definition) is 1. The molecule has 3 unspecified atom stereocenters. The van der Waals surface area contributed by atoms with Crippen LogP contribution in [0.25, 0.3) is 0 Å². The van der Waals surface area contributed by atoms with E-state index >= 15 is 0 Å². The molecule has 2 rings (SSSR count). The molecule has 27 heavy (non-hydrogen) atoms. The molecule has 0 aliphatic carbocycles. The molecule has 0 radical (unpaired) electrons. The van der Waals surface area contributed by atoms with Crippen molar-refractivity contribution in [2.45, 2.75) is 26.8 Å². The second-order valence-corrected chi connectivity index (χ2v) is 7.51. The van der Waals surface area contributed by atoms with Crippen molar-refractivity contribution in [2.24, 2.45) is 16.8 Å². The first-order valence-electron chi connectivity index (χ1n) is 9.35. The van der Waals surface area contributed by atoms with Gasteiger partial charge in [0.1, 0.15) is 0 Å². The zero-order valence-electron chi connectivity index (χ0n) is 17.0. The molecule has 1 saturated heterocycles. The number of guanidine groups is 1. The molecule has 3 atom stereocenters. The molecule has 1 aromatic rings. The van der Waals surface area contributed by atoms with E-state index in [1.54, 1.807) is 18.4 Å². The van der Waals surface area contributed by atoms with Crippen molar-refractivity contribution in [3.8, 4) is 0 Å². The number of rotatable bonds is 7. The van der Waals surface area contributed by atoms with Crippen LogP contribution in [0.3, 0.4) is 0 Å². The van der Waals surface area contributed by atoms with E-state index in [0.717, 1.165) is 32.1 Å². The van der Waals surface area contributed by atoms with Crippen LogP contribution in [0.1, 0.15) is 32.4 Å². The predicted octanol–water partition coefficient (Wildman–Crippen LogP) is 3.07. The van der Waals surface area contributed by atoms with Crippen molar-refractivity contribution in [1.29, 1.82) is 0 Å². The molecule has 1 aliphatic heterocycles. The Hall–Kier alpha value is -0.870. The lowest BCUT2D eigenvalue weighted by atomic mass is 9.99. The quantitative estimate of drug-likeness (QED) is 0.266. The van der Waals surface area contributed by atoms with E-state index in [1.807, 2.05) is 0 Å². The third-order valence-electron chi connectivity index (χ3n) is 5.26. The van der Waals surface area contributed by atoms with Crippen molar-refractivity contribution in [1.82, 2.24) is 15.1 Å². The fourth-order valence-electron chi connectivity index (χ4n) is 3.70. The van der Waals surface area contributed by atoms with Gasteiger partial charge in [0.15, 0.2) is 5.96 Å². The van der Waals surface area contributed by atoms with Crippen molar-refractivity contribution < 1.29 is 9.53 Å². The number of hydrogen-bond acceptors (Lipinski definition) is 5. The molecule has 0 bridgehead atoms. The van der Waals surface area contributed by atoms with Gasteiger partial charge in [-0.2, -0.15) is 11.3 Å². The van der Waals surface area contributed by atoms with Crippen molar-refractivity contribution in [3.63, 3.8) is 0 Å². The highest BCUT2D eigenvalue weighted by molar-refractivity contribution is 14.0. The Kier molecular flexibility index (Phi) is 10.6. The molecule has 1 fully saturated rings. The second-order valence-electron chi connectivity index (χ2n) is 6.73. The van der Waals surface area contributed by atoms with Gasteiger partial charge in [-0.25, -0.2) is 0 Å². The van der Waals surface area contributed by atoms with Gasteiger partial charge in [0.25, 0.3) is 0 Å². The normalized spacial score (nSPS) is 21.1. The average Bonchev–Trinajstić information content (AvgIpc) is 3.31. The highest BCUT2D eigenvalue weighted by Gasteiger charge is 2.37. The molecule has 1 aromatic heterocycles. The molecular weight excluding hydrogens is 475 g/mol. The monoisotopic (exact) mass is 508 g/mol. The van der Waals surface area contributed by atoms with Gasteiger partial charge in [-0.1, -0.05) is 20.8 Å². The molecule has 0 spiro atoms. The average molecular weight is 508 g/mol. The van der Waals surface area contributed by atoms with E-state index in [1.165, 1.54) is 12.7 Å². The molecule has 0 amide bonds. The first kappa shape index (κ1) is 24.2. The summed E-state index contributed by atoms with van der Waals surface area (Å²) in [5, 5.41) is 7.88. The molecule has 8 heteroatoms. The van der Waals surface area contributed by atoms with Crippen LogP contribution in [0.4, 0.5) is 0 Å². The Morgan fingerprint density at radius 1 is 1.44 bits per heavy atom. The summed E-state index contributed by atoms with van der Waals surface area (Å²) in [7, 11) is 3.26. The van der Waals surface area contributed by atoms with Crippen LogP contribution in [-0.2, 0) is 9.53 Å². The largest absolute Gasteiger partial charge is 0.469 e. The zero-order valence-corrected chi connectivity index (χ0v) is 20.1. The van der Waals surface area contributed by atoms with E-state index in [0.29, 0.717) is 12.6 Å². The Bertz CT molecular complexity index is 593. The molecule has 1 N–H and O–H groups in total. The molecule has 0 aromatic carbocycles. The molecule has 154 valence electrons. The van der Waals surface area contributed by atoms with Crippen LogP contribution in [0, 0.1) is 11.8 Å². The minimum absolute atomic E-state index is 0. The molecule has 1 aliphatic rings. The lowest BCUT2D eigenvalue weighted by molar-refractivity contribution is -0.145. The topological polar surface area (TPSA) is 57.2 Å². The summed E-state index contributed by atoms with van der Waals surface area (Å²) in [5.74, 6) is 0.899. The van der Waals surface area contributed by atoms with Gasteiger partial charge in [0.05, 0.1) is 19.1 Å². The highest BCUT2D eigenvalue weighted by Crippen LogP contribution is 2.25. The Morgan fingerprint density at radius 3 is 2.67 bits per heavy atom. The zero-order chi connectivity index (χ0) is 19.1. The number of carbonyl (C=O) groups excluding carboxylic acids is 1. The minimum Gasteiger partial charge on any atom is -0.469 e. The van der Waals surface area contributed by atoms with Crippen molar-refractivity contribution >= 4 is 47.2 Å². The maximum absolute atomic E-state index is 12.0. The van der Waals surface area contributed by atoms with Crippen molar-refractivity contribution in [3.05, 3.63) is 22.4 Å². The van der Waals surface area contributed by atoms with Crippen LogP contribution in [0.2, 0.25) is 0 Å². The Balaban J connectivity index is 0.00000364. The van der Waals surface area contributed by atoms with E-state index < -0.39 is 0 Å². The summed E-state index contributed by atoms with van der Waals surface area (Å²) in [4.78, 5) is 21.0. The van der Waals surface area contributed by atoms with Gasteiger partial charge in [-0.3, -0.25) is 14.7 Å². The van der Waals surface area contributed by atoms with Gasteiger partial charge in [-0.15, -0.1) is 24.0 Å². The molecule has 2 heterocycles. The standard InChI is InChI=1S/C19H32N4O2S.HI/c1-6-22(7-2)17(15-8-9-26-13-15)10-21-19(20-4)23-11-14(3)16(12-23)18(24)25-5;/h8-9,13-14,16-17H,6-7,10-12H2,1-5H3,(H,20,21);1H. The summed E-state index contributed by atoms with van der Waals surface area (Å²) in [5.41, 5.74) is 1.34. The number of methoxy groups -OCH3 is 1. The van der Waals surface area contributed by atoms with Crippen LogP contribution in [-0.4, -0.2) is 68.6 Å². The van der Waals surface area contributed by atoms with Crippen LogP contribution in [0.15, 0.2) is 21.8 Å². The van der Waals surface area contributed by atoms with Crippen LogP contribution >= 0.6 is 35.3 Å². The van der Waals surface area contributed by atoms with Crippen LogP contribution < -0.4 is 5.32 Å². The smallest absolute Gasteiger partial charge is 0.310 e. The summed E-state index contributed by atoms with van der Waals surface area (Å²) < 4.78 is 4.94. The number of aliphatic imine (C=N–C) groups is 1. The predicted molar refractivity (Wildman–Crippen MR) is 123 cm³/mol. The number of carbonyl (C=O) groups is 1. The minimum atomic E-state index is -0.130. The number of halogens is 1. The number of esters is 1. The summed E-state index contributed by atoms with van der Waals surface area (Å²) in [6.07, 6.45) is 0. The Morgan fingerprint density at radius 2 is 2.15 bits per heavy atom. The second kappa shape index (κ2) is 11.9. The fraction of sp³-hybridized carbons (Fsp3) is 0.684. The maximum atomic E-state index is 12.0. The fourth-order valence-corrected chi connectivity index (χ4v) is 4.41. The SMILES string of the molecule is CCN(CC)C(CNC(=NC)N1CC(C)C(C(=O)OC)C1)c1ccsc1.I. The maximum Gasteiger partial charge on any atom is 0.310 e. The summed E-state index contributed by atoms with van der Waals surface area (Å²) >= 11 is 1.73. The lowest BCUT2D eigenvalue weighted by Gasteiger charge is -2.31. The van der Waals surface area contributed by atoms with Gasteiger partial charge >= 0.3 is 5.97 Å². The lowest BCUT2D eigenvalue weighted by Crippen LogP contribution is -2.44. The molecule has 0 saturated carbocycles. The van der Waals surface area contributed by atoms with Gasteiger partial charge in [0.2, 0.25) is 0 Å². The summed E-state index contributed by atoms with van der Waals surface area (Å²) in [6.45, 7) is 10.8. The van der Waals surface area contributed by atoms with E-state index in [9.17, 15) is 4.79 Å². The number of thiophene rings is 1.